The van der Waals surface area contributed by atoms with E-state index < -0.39 is 29.4 Å². The summed E-state index contributed by atoms with van der Waals surface area (Å²) in [5, 5.41) is 3.33. The van der Waals surface area contributed by atoms with Gasteiger partial charge in [0.05, 0.1) is 35.2 Å². The summed E-state index contributed by atoms with van der Waals surface area (Å²) in [4.78, 5) is 52.3. The summed E-state index contributed by atoms with van der Waals surface area (Å²) in [5.74, 6) is -2.00. The first-order valence-electron chi connectivity index (χ1n) is 12.4. The minimum Gasteiger partial charge on any atom is -0.465 e. The van der Waals surface area contributed by atoms with Gasteiger partial charge in [-0.2, -0.15) is 0 Å². The summed E-state index contributed by atoms with van der Waals surface area (Å²) in [7, 11) is 1.28. The van der Waals surface area contributed by atoms with Gasteiger partial charge in [-0.05, 0) is 75.2 Å². The van der Waals surface area contributed by atoms with Gasteiger partial charge >= 0.3 is 11.9 Å². The summed E-state index contributed by atoms with van der Waals surface area (Å²) < 4.78 is 10.3. The summed E-state index contributed by atoms with van der Waals surface area (Å²) >= 11 is 0. The first kappa shape index (κ1) is 27.3. The Balaban J connectivity index is 1.86. The molecule has 3 aromatic rings. The van der Waals surface area contributed by atoms with E-state index in [0.717, 1.165) is 4.90 Å². The van der Waals surface area contributed by atoms with Crippen molar-refractivity contribution in [3.05, 3.63) is 94.5 Å². The lowest BCUT2D eigenvalue weighted by molar-refractivity contribution is -0.122. The number of nitrogens with one attached hydrogen (secondary N) is 1. The molecule has 0 spiro atoms. The second-order valence-electron chi connectivity index (χ2n) is 10.2. The summed E-state index contributed by atoms with van der Waals surface area (Å²) in [6.45, 7) is 8.45. The SMILES string of the molecule is COC(=O)c1cc2c(cc1C)C(=C(Nc1ccc(C(=O)OC(C)(C)C)cc1)c1ccccc1)C(=O)N2C(C)=O. The smallest absolute Gasteiger partial charge is 0.338 e. The van der Waals surface area contributed by atoms with E-state index in [1.54, 1.807) is 58.0 Å². The van der Waals surface area contributed by atoms with E-state index in [9.17, 15) is 19.2 Å². The van der Waals surface area contributed by atoms with E-state index in [1.807, 2.05) is 30.3 Å². The zero-order chi connectivity index (χ0) is 28.5. The Morgan fingerprint density at radius 2 is 1.51 bits per heavy atom. The molecular weight excluding hydrogens is 496 g/mol. The molecule has 200 valence electrons. The minimum atomic E-state index is -0.621. The molecule has 1 heterocycles. The molecule has 0 aliphatic carbocycles. The summed E-state index contributed by atoms with van der Waals surface area (Å²) in [6.07, 6.45) is 0. The zero-order valence-electron chi connectivity index (χ0n) is 22.7. The quantitative estimate of drug-likeness (QED) is 0.341. The maximum Gasteiger partial charge on any atom is 0.338 e. The minimum absolute atomic E-state index is 0.267. The second-order valence-corrected chi connectivity index (χ2v) is 10.2. The number of hydrogen-bond donors (Lipinski definition) is 1. The lowest BCUT2D eigenvalue weighted by Gasteiger charge is -2.19. The van der Waals surface area contributed by atoms with Crippen LogP contribution in [0, 0.1) is 6.92 Å². The molecule has 1 N–H and O–H groups in total. The van der Waals surface area contributed by atoms with Crippen LogP contribution in [0.1, 0.15) is 65.1 Å². The zero-order valence-corrected chi connectivity index (χ0v) is 22.7. The average Bonchev–Trinajstić information content (AvgIpc) is 3.16. The van der Waals surface area contributed by atoms with Crippen LogP contribution in [-0.2, 0) is 19.1 Å². The van der Waals surface area contributed by atoms with Gasteiger partial charge in [-0.3, -0.25) is 9.59 Å². The number of fused-ring (bicyclic) bond motifs is 1. The number of carbonyl (C=O) groups is 4. The highest BCUT2D eigenvalue weighted by atomic mass is 16.6. The van der Waals surface area contributed by atoms with Gasteiger partial charge in [-0.1, -0.05) is 30.3 Å². The van der Waals surface area contributed by atoms with E-state index >= 15 is 0 Å². The molecule has 0 bridgehead atoms. The van der Waals surface area contributed by atoms with Crippen molar-refractivity contribution in [3.63, 3.8) is 0 Å². The van der Waals surface area contributed by atoms with Crippen LogP contribution in [0.5, 0.6) is 0 Å². The predicted octanol–water partition coefficient (Wildman–Crippen LogP) is 5.61. The Labute approximate surface area is 227 Å². The lowest BCUT2D eigenvalue weighted by atomic mass is 9.96. The lowest BCUT2D eigenvalue weighted by Crippen LogP contribution is -2.31. The molecule has 0 aromatic heterocycles. The highest BCUT2D eigenvalue weighted by Gasteiger charge is 2.39. The van der Waals surface area contributed by atoms with Gasteiger partial charge in [0.2, 0.25) is 5.91 Å². The molecule has 8 heteroatoms. The monoisotopic (exact) mass is 526 g/mol. The highest BCUT2D eigenvalue weighted by molar-refractivity contribution is 6.44. The Morgan fingerprint density at radius 1 is 0.872 bits per heavy atom. The number of nitrogens with zero attached hydrogens (tertiary/aromatic N) is 1. The van der Waals surface area contributed by atoms with Crippen LogP contribution in [0.25, 0.3) is 11.3 Å². The van der Waals surface area contributed by atoms with Crippen molar-refractivity contribution in [2.45, 2.75) is 40.2 Å². The molecule has 0 atom stereocenters. The summed E-state index contributed by atoms with van der Waals surface area (Å²) in [6, 6.07) is 19.2. The molecule has 39 heavy (non-hydrogen) atoms. The number of anilines is 2. The molecule has 1 aliphatic rings. The number of hydrogen-bond acceptors (Lipinski definition) is 7. The molecule has 0 fully saturated rings. The number of ether oxygens (including phenoxy) is 2. The van der Waals surface area contributed by atoms with Gasteiger partial charge in [-0.15, -0.1) is 0 Å². The molecule has 0 radical (unpaired) electrons. The first-order chi connectivity index (χ1) is 18.4. The predicted molar refractivity (Wildman–Crippen MR) is 149 cm³/mol. The maximum absolute atomic E-state index is 13.8. The van der Waals surface area contributed by atoms with Crippen molar-refractivity contribution < 1.29 is 28.7 Å². The van der Waals surface area contributed by atoms with Crippen molar-refractivity contribution in [2.75, 3.05) is 17.3 Å². The number of methoxy groups -OCH3 is 1. The van der Waals surface area contributed by atoms with E-state index in [-0.39, 0.29) is 11.1 Å². The Bertz CT molecular complexity index is 1500. The number of carbonyl (C=O) groups excluding carboxylic acids is 4. The van der Waals surface area contributed by atoms with Gasteiger partial charge in [0.1, 0.15) is 5.60 Å². The fourth-order valence-electron chi connectivity index (χ4n) is 4.36. The van der Waals surface area contributed by atoms with E-state index in [0.29, 0.717) is 39.3 Å². The number of imide groups is 1. The van der Waals surface area contributed by atoms with Crippen LogP contribution < -0.4 is 10.2 Å². The van der Waals surface area contributed by atoms with E-state index in [4.69, 9.17) is 9.47 Å². The second kappa shape index (κ2) is 10.6. The maximum atomic E-state index is 13.8. The average molecular weight is 527 g/mol. The fraction of sp³-hybridized carbons (Fsp3) is 0.226. The van der Waals surface area contributed by atoms with Crippen LogP contribution in [0.15, 0.2) is 66.7 Å². The number of amides is 2. The topological polar surface area (TPSA) is 102 Å². The van der Waals surface area contributed by atoms with Crippen LogP contribution in [0.4, 0.5) is 11.4 Å². The van der Waals surface area contributed by atoms with Gasteiger partial charge in [0.25, 0.3) is 5.91 Å². The number of benzene rings is 3. The number of rotatable bonds is 5. The van der Waals surface area contributed by atoms with Gasteiger partial charge in [-0.25, -0.2) is 14.5 Å². The number of aryl methyl sites for hydroxylation is 1. The molecular formula is C31H30N2O6. The third-order valence-electron chi connectivity index (χ3n) is 6.09. The molecule has 1 aliphatic heterocycles. The fourth-order valence-corrected chi connectivity index (χ4v) is 4.36. The van der Waals surface area contributed by atoms with Crippen molar-refractivity contribution in [1.29, 1.82) is 0 Å². The standard InChI is InChI=1S/C31H30N2O6/c1-18-16-24-25(17-23(18)30(37)38-6)33(19(2)34)28(35)26(24)27(20-10-8-7-9-11-20)32-22-14-12-21(13-15-22)29(36)39-31(3,4)5/h7-17,32H,1-6H3. The normalized spacial score (nSPS) is 14.0. The third kappa shape index (κ3) is 5.60. The molecule has 0 saturated heterocycles. The van der Waals surface area contributed by atoms with Crippen LogP contribution in [-0.4, -0.2) is 36.5 Å². The van der Waals surface area contributed by atoms with Crippen LogP contribution >= 0.6 is 0 Å². The third-order valence-corrected chi connectivity index (χ3v) is 6.09. The molecule has 2 amide bonds. The van der Waals surface area contributed by atoms with Crippen molar-refractivity contribution in [3.8, 4) is 0 Å². The Kier molecular flexibility index (Phi) is 7.40. The molecule has 0 saturated carbocycles. The van der Waals surface area contributed by atoms with Crippen LogP contribution in [0.3, 0.4) is 0 Å². The van der Waals surface area contributed by atoms with Crippen LogP contribution in [0.2, 0.25) is 0 Å². The van der Waals surface area contributed by atoms with Crippen molar-refractivity contribution in [2.24, 2.45) is 0 Å². The van der Waals surface area contributed by atoms with Gasteiger partial charge in [0.15, 0.2) is 0 Å². The Hall–Kier alpha value is -4.72. The first-order valence-corrected chi connectivity index (χ1v) is 12.4. The van der Waals surface area contributed by atoms with Crippen molar-refractivity contribution in [1.82, 2.24) is 0 Å². The van der Waals surface area contributed by atoms with E-state index in [2.05, 4.69) is 5.32 Å². The molecule has 4 rings (SSSR count). The highest BCUT2D eigenvalue weighted by Crippen LogP contribution is 2.42. The molecule has 0 unspecified atom stereocenters. The van der Waals surface area contributed by atoms with Crippen molar-refractivity contribution >= 4 is 46.4 Å². The van der Waals surface area contributed by atoms with E-state index in [1.165, 1.54) is 20.1 Å². The molecule has 8 nitrogen and oxygen atoms in total. The number of esters is 2. The van der Waals surface area contributed by atoms with Gasteiger partial charge in [0, 0.05) is 18.2 Å². The Morgan fingerprint density at radius 3 is 2.08 bits per heavy atom. The summed E-state index contributed by atoms with van der Waals surface area (Å²) in [5.41, 5.74) is 3.54. The molecule has 3 aromatic carbocycles. The largest absolute Gasteiger partial charge is 0.465 e. The van der Waals surface area contributed by atoms with Gasteiger partial charge < -0.3 is 14.8 Å².